The molecule has 6 nitrogen and oxygen atoms in total. The van der Waals surface area contributed by atoms with E-state index in [4.69, 9.17) is 10.7 Å². The Morgan fingerprint density at radius 2 is 1.78 bits per heavy atom. The molecule has 3 aromatic rings. The molecule has 0 aliphatic carbocycles. The quantitative estimate of drug-likeness (QED) is 0.666. The molecule has 1 aromatic carbocycles. The molecule has 0 aliphatic heterocycles. The Morgan fingerprint density at radius 1 is 1.07 bits per heavy atom. The van der Waals surface area contributed by atoms with E-state index in [1.54, 1.807) is 0 Å². The van der Waals surface area contributed by atoms with Crippen molar-refractivity contribution >= 4 is 17.0 Å². The van der Waals surface area contributed by atoms with E-state index in [9.17, 15) is 0 Å². The van der Waals surface area contributed by atoms with E-state index in [2.05, 4.69) is 71.8 Å². The first-order valence-corrected chi connectivity index (χ1v) is 9.66. The van der Waals surface area contributed by atoms with Crippen LogP contribution in [-0.2, 0) is 19.5 Å². The van der Waals surface area contributed by atoms with Crippen LogP contribution in [0.5, 0.6) is 0 Å². The Bertz CT molecular complexity index is 889. The van der Waals surface area contributed by atoms with Crippen LogP contribution < -0.4 is 11.1 Å². The van der Waals surface area contributed by atoms with Gasteiger partial charge in [0.05, 0.1) is 6.54 Å². The number of unbranched alkanes of at least 4 members (excludes halogenated alkanes) is 1. The van der Waals surface area contributed by atoms with Gasteiger partial charge in [-0.25, -0.2) is 15.0 Å². The van der Waals surface area contributed by atoms with Crippen LogP contribution >= 0.6 is 0 Å². The van der Waals surface area contributed by atoms with E-state index in [0.717, 1.165) is 43.8 Å². The summed E-state index contributed by atoms with van der Waals surface area (Å²) < 4.78 is 2.17. The van der Waals surface area contributed by atoms with Gasteiger partial charge in [-0.2, -0.15) is 0 Å². The number of nitrogens with one attached hydrogen (secondary N) is 1. The Morgan fingerprint density at radius 3 is 2.44 bits per heavy atom. The van der Waals surface area contributed by atoms with E-state index in [0.29, 0.717) is 11.3 Å². The van der Waals surface area contributed by atoms with Gasteiger partial charge in [-0.3, -0.25) is 0 Å². The number of rotatable bonds is 7. The van der Waals surface area contributed by atoms with Crippen molar-refractivity contribution in [1.29, 1.82) is 0 Å². The fraction of sp³-hybridized carbons (Fsp3) is 0.476. The summed E-state index contributed by atoms with van der Waals surface area (Å²) in [6.45, 7) is 10.3. The minimum Gasteiger partial charge on any atom is -0.382 e. The number of nitrogens with zero attached hydrogens (tertiary/aromatic N) is 4. The molecule has 3 rings (SSSR count). The van der Waals surface area contributed by atoms with Crippen molar-refractivity contribution in [2.24, 2.45) is 0 Å². The van der Waals surface area contributed by atoms with Crippen LogP contribution in [0.25, 0.3) is 11.2 Å². The molecule has 0 spiro atoms. The topological polar surface area (TPSA) is 81.7 Å². The first kappa shape index (κ1) is 19.3. The highest BCUT2D eigenvalue weighted by Crippen LogP contribution is 2.21. The first-order valence-electron chi connectivity index (χ1n) is 9.66. The van der Waals surface area contributed by atoms with Gasteiger partial charge in [-0.1, -0.05) is 37.6 Å². The maximum Gasteiger partial charge on any atom is 0.165 e. The van der Waals surface area contributed by atoms with Crippen molar-refractivity contribution in [1.82, 2.24) is 24.8 Å². The predicted octanol–water partition coefficient (Wildman–Crippen LogP) is 3.69. The largest absolute Gasteiger partial charge is 0.382 e. The Labute approximate surface area is 161 Å². The SMILES string of the molecule is CCCCc1nc2c(N)ncnc2n1Cc1ccc(CNC(C)(C)C)cc1. The van der Waals surface area contributed by atoms with Crippen molar-refractivity contribution in [2.75, 3.05) is 5.73 Å². The van der Waals surface area contributed by atoms with Crippen LogP contribution in [0, 0.1) is 0 Å². The van der Waals surface area contributed by atoms with Crippen LogP contribution in [0.3, 0.4) is 0 Å². The first-order chi connectivity index (χ1) is 12.9. The minimum absolute atomic E-state index is 0.113. The van der Waals surface area contributed by atoms with Gasteiger partial charge in [0.1, 0.15) is 12.2 Å². The summed E-state index contributed by atoms with van der Waals surface area (Å²) >= 11 is 0. The summed E-state index contributed by atoms with van der Waals surface area (Å²) in [4.78, 5) is 13.2. The summed E-state index contributed by atoms with van der Waals surface area (Å²) in [5.41, 5.74) is 10.1. The lowest BCUT2D eigenvalue weighted by Gasteiger charge is -2.20. The molecule has 0 bridgehead atoms. The Balaban J connectivity index is 1.84. The molecule has 6 heteroatoms. The average molecular weight is 367 g/mol. The van der Waals surface area contributed by atoms with Crippen LogP contribution in [0.2, 0.25) is 0 Å². The fourth-order valence-corrected chi connectivity index (χ4v) is 3.00. The normalized spacial score (nSPS) is 12.0. The second-order valence-electron chi connectivity index (χ2n) is 8.07. The monoisotopic (exact) mass is 366 g/mol. The zero-order valence-corrected chi connectivity index (χ0v) is 16.8. The molecule has 0 radical (unpaired) electrons. The van der Waals surface area contributed by atoms with Gasteiger partial charge in [0.25, 0.3) is 0 Å². The number of aromatic nitrogens is 4. The van der Waals surface area contributed by atoms with Crippen molar-refractivity contribution < 1.29 is 0 Å². The fourth-order valence-electron chi connectivity index (χ4n) is 3.00. The van der Waals surface area contributed by atoms with Crippen LogP contribution in [0.15, 0.2) is 30.6 Å². The third kappa shape index (κ3) is 4.83. The van der Waals surface area contributed by atoms with Crippen LogP contribution in [-0.4, -0.2) is 25.1 Å². The highest BCUT2D eigenvalue weighted by molar-refractivity contribution is 5.81. The minimum atomic E-state index is 0.113. The van der Waals surface area contributed by atoms with E-state index < -0.39 is 0 Å². The number of nitrogen functional groups attached to an aromatic ring is 1. The van der Waals surface area contributed by atoms with E-state index in [1.165, 1.54) is 17.5 Å². The third-order valence-corrected chi connectivity index (χ3v) is 4.58. The molecular weight excluding hydrogens is 336 g/mol. The lowest BCUT2D eigenvalue weighted by Crippen LogP contribution is -2.35. The molecule has 2 aromatic heterocycles. The van der Waals surface area contributed by atoms with Crippen LogP contribution in [0.1, 0.15) is 57.5 Å². The number of nitrogens with two attached hydrogens (primary N) is 1. The summed E-state index contributed by atoms with van der Waals surface area (Å²) in [6.07, 6.45) is 4.65. The molecule has 27 heavy (non-hydrogen) atoms. The number of anilines is 1. The smallest absolute Gasteiger partial charge is 0.165 e. The summed E-state index contributed by atoms with van der Waals surface area (Å²) in [6, 6.07) is 8.73. The number of hydrogen-bond acceptors (Lipinski definition) is 5. The van der Waals surface area contributed by atoms with Gasteiger partial charge in [0.15, 0.2) is 17.0 Å². The number of imidazole rings is 1. The van der Waals surface area contributed by atoms with Crippen molar-refractivity contribution in [3.8, 4) is 0 Å². The third-order valence-electron chi connectivity index (χ3n) is 4.58. The highest BCUT2D eigenvalue weighted by atomic mass is 15.1. The van der Waals surface area contributed by atoms with Crippen molar-refractivity contribution in [3.05, 3.63) is 47.5 Å². The van der Waals surface area contributed by atoms with Gasteiger partial charge in [0.2, 0.25) is 0 Å². The number of benzene rings is 1. The molecule has 2 heterocycles. The molecule has 144 valence electrons. The predicted molar refractivity (Wildman–Crippen MR) is 110 cm³/mol. The molecule has 0 fully saturated rings. The molecule has 0 amide bonds. The van der Waals surface area contributed by atoms with Gasteiger partial charge < -0.3 is 15.6 Å². The maximum atomic E-state index is 6.01. The lowest BCUT2D eigenvalue weighted by molar-refractivity contribution is 0.424. The van der Waals surface area contributed by atoms with E-state index in [-0.39, 0.29) is 5.54 Å². The highest BCUT2D eigenvalue weighted by Gasteiger charge is 2.15. The molecule has 0 atom stereocenters. The number of fused-ring (bicyclic) bond motifs is 1. The molecule has 0 saturated heterocycles. The molecule has 0 saturated carbocycles. The van der Waals surface area contributed by atoms with Crippen molar-refractivity contribution in [3.63, 3.8) is 0 Å². The van der Waals surface area contributed by atoms with E-state index in [1.807, 2.05) is 0 Å². The van der Waals surface area contributed by atoms with Crippen molar-refractivity contribution in [2.45, 2.75) is 65.6 Å². The average Bonchev–Trinajstić information content (AvgIpc) is 2.98. The molecular formula is C21H30N6. The second kappa shape index (κ2) is 8.05. The maximum absolute atomic E-state index is 6.01. The van der Waals surface area contributed by atoms with Gasteiger partial charge in [0, 0.05) is 18.5 Å². The molecule has 3 N–H and O–H groups in total. The second-order valence-corrected chi connectivity index (χ2v) is 8.07. The Kier molecular flexibility index (Phi) is 5.75. The summed E-state index contributed by atoms with van der Waals surface area (Å²) in [5.74, 6) is 1.47. The number of aryl methyl sites for hydroxylation is 1. The standard InChI is InChI=1S/C21H30N6/c1-5-6-7-17-26-18-19(22)23-14-24-20(18)27(17)13-16-10-8-15(9-11-16)12-25-21(2,3)4/h8-11,14,25H,5-7,12-13H2,1-4H3,(H2,22,23,24). The zero-order chi connectivity index (χ0) is 19.4. The summed E-state index contributed by atoms with van der Waals surface area (Å²) in [7, 11) is 0. The lowest BCUT2D eigenvalue weighted by atomic mass is 10.1. The van der Waals surface area contributed by atoms with Gasteiger partial charge in [-0.15, -0.1) is 0 Å². The van der Waals surface area contributed by atoms with Gasteiger partial charge >= 0.3 is 0 Å². The zero-order valence-electron chi connectivity index (χ0n) is 16.8. The molecule has 0 aliphatic rings. The molecule has 0 unspecified atom stereocenters. The van der Waals surface area contributed by atoms with E-state index >= 15 is 0 Å². The summed E-state index contributed by atoms with van der Waals surface area (Å²) in [5, 5.41) is 3.52. The Hall–Kier alpha value is -2.47. The number of hydrogen-bond donors (Lipinski definition) is 2. The van der Waals surface area contributed by atoms with Gasteiger partial charge in [-0.05, 0) is 38.3 Å². The van der Waals surface area contributed by atoms with Crippen LogP contribution in [0.4, 0.5) is 5.82 Å².